The molecule has 400 valence electrons. The van der Waals surface area contributed by atoms with Crippen molar-refractivity contribution in [1.29, 1.82) is 0 Å². The number of hydrogen-bond donors (Lipinski definition) is 0. The van der Waals surface area contributed by atoms with Crippen molar-refractivity contribution in [2.75, 3.05) is 14.7 Å². The molecule has 80 heavy (non-hydrogen) atoms. The largest absolute Gasteiger partial charge is 0.311 e. The van der Waals surface area contributed by atoms with E-state index in [9.17, 15) is 11.0 Å². The second-order valence-corrected chi connectivity index (χ2v) is 28.1. The fraction of sp³-hybridized carbons (Fsp3) is 0.289. The third kappa shape index (κ3) is 7.97. The molecule has 0 bridgehead atoms. The van der Waals surface area contributed by atoms with E-state index in [1.165, 1.54) is 55.0 Å². The molecule has 2 aliphatic heterocycles. The Morgan fingerprint density at radius 3 is 1.26 bits per heavy atom. The average molecular weight is 1050 g/mol. The molecule has 0 N–H and O–H groups in total. The minimum absolute atomic E-state index is 0.168. The number of benzene rings is 9. The first-order valence-corrected chi connectivity index (χ1v) is 28.6. The molecule has 9 aromatic rings. The number of hydrogen-bond acceptors (Lipinski definition) is 3. The summed E-state index contributed by atoms with van der Waals surface area (Å²) < 4.78 is 78.3. The van der Waals surface area contributed by atoms with Gasteiger partial charge in [0.05, 0.1) is 11.0 Å². The molecule has 0 unspecified atom stereocenters. The van der Waals surface area contributed by atoms with Gasteiger partial charge >= 0.3 is 0 Å². The Labute approximate surface area is 489 Å². The molecule has 0 saturated heterocycles. The second-order valence-electron chi connectivity index (χ2n) is 28.1. The van der Waals surface area contributed by atoms with Gasteiger partial charge in [-0.05, 0) is 184 Å². The second kappa shape index (κ2) is 17.5. The van der Waals surface area contributed by atoms with Crippen LogP contribution in [0.4, 0.5) is 51.2 Å². The Morgan fingerprint density at radius 2 is 0.800 bits per heavy atom. The molecule has 0 fully saturated rings. The van der Waals surface area contributed by atoms with Crippen LogP contribution in [-0.2, 0) is 32.5 Å². The predicted octanol–water partition coefficient (Wildman–Crippen LogP) is 19.0. The van der Waals surface area contributed by atoms with Crippen LogP contribution in [0.25, 0.3) is 22.3 Å². The van der Waals surface area contributed by atoms with E-state index in [-0.39, 0.29) is 99.2 Å². The summed E-state index contributed by atoms with van der Waals surface area (Å²) in [4.78, 5) is 6.35. The fourth-order valence-corrected chi connectivity index (χ4v) is 13.2. The number of nitrogens with zero attached hydrogens (tertiary/aromatic N) is 3. The summed E-state index contributed by atoms with van der Waals surface area (Å²) >= 11 is 0. The van der Waals surface area contributed by atoms with Crippen molar-refractivity contribution in [3.05, 3.63) is 226 Å². The van der Waals surface area contributed by atoms with Gasteiger partial charge in [0.1, 0.15) is 0 Å². The normalized spacial score (nSPS) is 16.8. The van der Waals surface area contributed by atoms with E-state index in [2.05, 4.69) is 200 Å². The third-order valence-corrected chi connectivity index (χ3v) is 17.9. The Balaban J connectivity index is 1.16. The van der Waals surface area contributed by atoms with Crippen LogP contribution in [0.15, 0.2) is 182 Å². The minimum Gasteiger partial charge on any atom is -0.311 e. The van der Waals surface area contributed by atoms with Gasteiger partial charge in [0.15, 0.2) is 0 Å². The maximum Gasteiger partial charge on any atom is 0.252 e. The summed E-state index contributed by atoms with van der Waals surface area (Å²) in [5, 5.41) is 0. The van der Waals surface area contributed by atoms with Crippen LogP contribution >= 0.6 is 0 Å². The molecule has 2 aliphatic carbocycles. The highest BCUT2D eigenvalue weighted by Gasteiger charge is 2.46. The van der Waals surface area contributed by atoms with Crippen LogP contribution in [0.2, 0.25) is 0 Å². The Kier molecular flexibility index (Phi) is 9.45. The van der Waals surface area contributed by atoms with Crippen LogP contribution < -0.4 is 31.1 Å². The molecule has 13 rings (SSSR count). The molecule has 9 aromatic carbocycles. The fourth-order valence-electron chi connectivity index (χ4n) is 13.2. The topological polar surface area (TPSA) is 9.72 Å². The highest BCUT2D eigenvalue weighted by molar-refractivity contribution is 7.00. The van der Waals surface area contributed by atoms with Crippen molar-refractivity contribution in [1.82, 2.24) is 0 Å². The Bertz CT molecular complexity index is 4370. The van der Waals surface area contributed by atoms with E-state index < -0.39 is 10.8 Å². The smallest absolute Gasteiger partial charge is 0.252 e. The van der Waals surface area contributed by atoms with Crippen LogP contribution in [0, 0.1) is 0 Å². The predicted molar refractivity (Wildman–Crippen MR) is 345 cm³/mol. The monoisotopic (exact) mass is 1050 g/mol. The van der Waals surface area contributed by atoms with Gasteiger partial charge in [0.25, 0.3) is 6.71 Å². The van der Waals surface area contributed by atoms with Gasteiger partial charge in [-0.15, -0.1) is 0 Å². The quantitative estimate of drug-likeness (QED) is 0.159. The van der Waals surface area contributed by atoms with Gasteiger partial charge < -0.3 is 14.7 Å². The molecule has 0 spiro atoms. The maximum absolute atomic E-state index is 9.94. The summed E-state index contributed by atoms with van der Waals surface area (Å²) in [7, 11) is 0. The van der Waals surface area contributed by atoms with Gasteiger partial charge in [-0.3, -0.25) is 0 Å². The number of anilines is 9. The van der Waals surface area contributed by atoms with Crippen molar-refractivity contribution < 1.29 is 11.0 Å². The van der Waals surface area contributed by atoms with Gasteiger partial charge in [0.2, 0.25) is 0 Å². The van der Waals surface area contributed by atoms with E-state index in [1.54, 1.807) is 0 Å². The first-order chi connectivity index (χ1) is 41.1. The summed E-state index contributed by atoms with van der Waals surface area (Å²) in [6, 6.07) is 46.8. The lowest BCUT2D eigenvalue weighted by Gasteiger charge is -2.46. The van der Waals surface area contributed by atoms with E-state index in [0.717, 1.165) is 56.1 Å². The summed E-state index contributed by atoms with van der Waals surface area (Å²) in [6.07, 6.45) is 0. The molecular formula is C76H78BN3. The molecule has 4 heteroatoms. The molecule has 2 heterocycles. The molecule has 0 aromatic heterocycles. The van der Waals surface area contributed by atoms with Crippen molar-refractivity contribution in [2.24, 2.45) is 0 Å². The van der Waals surface area contributed by atoms with Crippen molar-refractivity contribution in [3.8, 4) is 22.3 Å². The van der Waals surface area contributed by atoms with Gasteiger partial charge in [-0.1, -0.05) is 214 Å². The lowest BCUT2D eigenvalue weighted by atomic mass is 9.33. The molecule has 0 atom stereocenters. The van der Waals surface area contributed by atoms with Crippen molar-refractivity contribution in [2.45, 2.75) is 143 Å². The summed E-state index contributed by atoms with van der Waals surface area (Å²) in [6.45, 7) is 33.7. The zero-order chi connectivity index (χ0) is 63.3. The molecule has 3 nitrogen and oxygen atoms in total. The molecule has 0 amide bonds. The molecule has 0 radical (unpaired) electrons. The van der Waals surface area contributed by atoms with Gasteiger partial charge in [-0.25, -0.2) is 0 Å². The standard InChI is InChI=1S/C76H78BN3/c1-71(2,3)47-25-30-51(31-26-47)78(52-32-27-48(28-33-52)72(4,5)6)55-36-39-64-67(46-55)80(54-35-38-59-57-22-18-20-24-61(57)76(15,16)63(59)45-54)69-43-50(74(10,11)12)42-68-70(69)77(64)65-41-49(73(7,8)9)29-40-66(65)79(68)53-34-37-58-56-21-17-19-23-60(56)75(13,14)62(58)44-53/h17-46H,1-16H3/i25D,26D,27D,28D,30D,31D,32D,33D. The average Bonchev–Trinajstić information content (AvgIpc) is 0.788. The van der Waals surface area contributed by atoms with E-state index in [0.29, 0.717) is 5.69 Å². The van der Waals surface area contributed by atoms with Crippen LogP contribution in [-0.4, -0.2) is 6.71 Å². The first kappa shape index (κ1) is 43.3. The zero-order valence-corrected chi connectivity index (χ0v) is 49.6. The molecule has 0 saturated carbocycles. The van der Waals surface area contributed by atoms with Crippen LogP contribution in [0.3, 0.4) is 0 Å². The number of fused-ring (bicyclic) bond motifs is 10. The molecular weight excluding hydrogens is 966 g/mol. The van der Waals surface area contributed by atoms with Crippen LogP contribution in [0.5, 0.6) is 0 Å². The molecule has 4 aliphatic rings. The third-order valence-electron chi connectivity index (χ3n) is 17.9. The van der Waals surface area contributed by atoms with E-state index >= 15 is 0 Å². The highest BCUT2D eigenvalue weighted by atomic mass is 15.2. The lowest BCUT2D eigenvalue weighted by molar-refractivity contribution is 0.590. The lowest BCUT2D eigenvalue weighted by Crippen LogP contribution is -2.61. The Hall–Kier alpha value is -7.56. The highest BCUT2D eigenvalue weighted by Crippen LogP contribution is 2.55. The number of rotatable bonds is 5. The maximum atomic E-state index is 9.94. The van der Waals surface area contributed by atoms with Gasteiger partial charge in [-0.2, -0.15) is 0 Å². The summed E-state index contributed by atoms with van der Waals surface area (Å²) in [5.74, 6) is 0. The zero-order valence-electron chi connectivity index (χ0n) is 57.6. The van der Waals surface area contributed by atoms with E-state index in [1.807, 2.05) is 53.7 Å². The van der Waals surface area contributed by atoms with E-state index in [4.69, 9.17) is 0 Å². The Morgan fingerprint density at radius 1 is 0.362 bits per heavy atom. The van der Waals surface area contributed by atoms with Crippen molar-refractivity contribution >= 4 is 74.3 Å². The van der Waals surface area contributed by atoms with Crippen molar-refractivity contribution in [3.63, 3.8) is 0 Å². The summed E-state index contributed by atoms with van der Waals surface area (Å²) in [5.41, 5.74) is 19.1. The SMILES string of the molecule is [2H]c1c([2H])c(C(C)(C)C)c([2H])c([2H])c1N(c1ccc2c(c1)N(c1ccc3c(c1)C(C)(C)c1ccccc1-3)c1cc(C(C)(C)C)cc3c1B2c1cc(C(C)(C)C)ccc1N3c1ccc2c(c1)C(C)(C)c1ccccc1-2)c1c([2H])c([2H])c(C(C)(C)C)c([2H])c1[2H]. The minimum atomic E-state index is -0.778. The van der Waals surface area contributed by atoms with Gasteiger partial charge in [0, 0.05) is 62.0 Å². The van der Waals surface area contributed by atoms with Crippen LogP contribution in [0.1, 0.15) is 166 Å². The first-order valence-electron chi connectivity index (χ1n) is 32.6.